The maximum Gasteiger partial charge on any atom is 0.167 e. The summed E-state index contributed by atoms with van der Waals surface area (Å²) in [4.78, 5) is 2.41. The average molecular weight is 346 g/mol. The number of anilines is 1. The Labute approximate surface area is 153 Å². The van der Waals surface area contributed by atoms with Gasteiger partial charge in [0.15, 0.2) is 5.65 Å². The van der Waals surface area contributed by atoms with Crippen molar-refractivity contribution in [2.75, 3.05) is 11.9 Å². The van der Waals surface area contributed by atoms with Crippen LogP contribution < -0.4 is 5.32 Å². The first-order valence-electron chi connectivity index (χ1n) is 8.98. The second kappa shape index (κ2) is 6.77. The summed E-state index contributed by atoms with van der Waals surface area (Å²) in [5.74, 6) is 0.785. The lowest BCUT2D eigenvalue weighted by molar-refractivity contribution is 0.204. The number of hydrogen-bond acceptors (Lipinski definition) is 5. The minimum atomic E-state index is 0.465. The standard InChI is InChI=1S/C20H22N6/c1-14(2)25-9-8-16-17(10-21)19(22-11-15-6-4-3-5-7-15)26-13-23-24-20(26)18(16)12-25/h3-7,13-14,22H,8-9,11-12H2,1-2H3. The third-order valence-corrected chi connectivity index (χ3v) is 5.12. The van der Waals surface area contributed by atoms with E-state index in [1.165, 1.54) is 5.56 Å². The van der Waals surface area contributed by atoms with Crippen LogP contribution in [0.5, 0.6) is 0 Å². The van der Waals surface area contributed by atoms with Gasteiger partial charge >= 0.3 is 0 Å². The number of rotatable bonds is 4. The van der Waals surface area contributed by atoms with E-state index >= 15 is 0 Å². The van der Waals surface area contributed by atoms with Gasteiger partial charge in [0.25, 0.3) is 0 Å². The fourth-order valence-corrected chi connectivity index (χ4v) is 3.65. The Kier molecular flexibility index (Phi) is 4.31. The van der Waals surface area contributed by atoms with Gasteiger partial charge < -0.3 is 5.32 Å². The van der Waals surface area contributed by atoms with Crippen LogP contribution in [0.25, 0.3) is 5.65 Å². The first-order chi connectivity index (χ1) is 12.7. The minimum Gasteiger partial charge on any atom is -0.366 e. The van der Waals surface area contributed by atoms with E-state index in [2.05, 4.69) is 52.5 Å². The smallest absolute Gasteiger partial charge is 0.167 e. The molecule has 0 bridgehead atoms. The van der Waals surface area contributed by atoms with Crippen molar-refractivity contribution in [3.8, 4) is 6.07 Å². The fraction of sp³-hybridized carbons (Fsp3) is 0.350. The van der Waals surface area contributed by atoms with Gasteiger partial charge in [-0.25, -0.2) is 0 Å². The minimum absolute atomic E-state index is 0.465. The zero-order chi connectivity index (χ0) is 18.1. The highest BCUT2D eigenvalue weighted by molar-refractivity contribution is 5.68. The molecule has 1 aliphatic heterocycles. The van der Waals surface area contributed by atoms with E-state index in [1.807, 2.05) is 22.6 Å². The van der Waals surface area contributed by atoms with Crippen LogP contribution in [0.3, 0.4) is 0 Å². The first-order valence-corrected chi connectivity index (χ1v) is 8.98. The number of benzene rings is 1. The molecule has 0 aliphatic carbocycles. The van der Waals surface area contributed by atoms with Gasteiger partial charge in [-0.1, -0.05) is 30.3 Å². The number of nitriles is 1. The molecular weight excluding hydrogens is 324 g/mol. The van der Waals surface area contributed by atoms with Gasteiger partial charge in [0.2, 0.25) is 0 Å². The Morgan fingerprint density at radius 3 is 2.77 bits per heavy atom. The van der Waals surface area contributed by atoms with Gasteiger partial charge in [-0.3, -0.25) is 9.30 Å². The molecule has 4 rings (SSSR count). The number of nitrogens with one attached hydrogen (secondary N) is 1. The van der Waals surface area contributed by atoms with Crippen molar-refractivity contribution in [2.24, 2.45) is 0 Å². The average Bonchev–Trinajstić information content (AvgIpc) is 3.16. The normalized spacial score (nSPS) is 14.4. The largest absolute Gasteiger partial charge is 0.366 e. The van der Waals surface area contributed by atoms with E-state index in [9.17, 15) is 5.26 Å². The van der Waals surface area contributed by atoms with Crippen LogP contribution in [0.1, 0.15) is 36.1 Å². The van der Waals surface area contributed by atoms with E-state index in [0.717, 1.165) is 42.1 Å². The Balaban J connectivity index is 1.78. The number of aromatic nitrogens is 3. The predicted molar refractivity (Wildman–Crippen MR) is 101 cm³/mol. The zero-order valence-electron chi connectivity index (χ0n) is 15.1. The molecule has 26 heavy (non-hydrogen) atoms. The summed E-state index contributed by atoms with van der Waals surface area (Å²) in [6.45, 7) is 6.82. The fourth-order valence-electron chi connectivity index (χ4n) is 3.65. The van der Waals surface area contributed by atoms with E-state index < -0.39 is 0 Å². The summed E-state index contributed by atoms with van der Waals surface area (Å²) >= 11 is 0. The predicted octanol–water partition coefficient (Wildman–Crippen LogP) is 2.98. The summed E-state index contributed by atoms with van der Waals surface area (Å²) in [5.41, 5.74) is 4.97. The van der Waals surface area contributed by atoms with Gasteiger partial charge in [0.05, 0.1) is 5.56 Å². The van der Waals surface area contributed by atoms with Crippen molar-refractivity contribution in [3.63, 3.8) is 0 Å². The third kappa shape index (κ3) is 2.80. The van der Waals surface area contributed by atoms with Crippen LogP contribution in [-0.4, -0.2) is 32.1 Å². The summed E-state index contributed by atoms with van der Waals surface area (Å²) in [5, 5.41) is 21.8. The van der Waals surface area contributed by atoms with Gasteiger partial charge in [0, 0.05) is 31.2 Å². The number of pyridine rings is 1. The van der Waals surface area contributed by atoms with E-state index in [4.69, 9.17) is 0 Å². The van der Waals surface area contributed by atoms with Crippen LogP contribution in [0.4, 0.5) is 5.82 Å². The van der Waals surface area contributed by atoms with Gasteiger partial charge in [-0.15, -0.1) is 10.2 Å². The summed E-state index contributed by atoms with van der Waals surface area (Å²) in [6.07, 6.45) is 2.55. The Morgan fingerprint density at radius 2 is 2.04 bits per heavy atom. The van der Waals surface area contributed by atoms with Gasteiger partial charge in [-0.2, -0.15) is 5.26 Å². The molecule has 0 unspecified atom stereocenters. The second-order valence-corrected chi connectivity index (χ2v) is 6.97. The Hall–Kier alpha value is -2.91. The lowest BCUT2D eigenvalue weighted by Gasteiger charge is -2.33. The summed E-state index contributed by atoms with van der Waals surface area (Å²) in [7, 11) is 0. The molecule has 132 valence electrons. The van der Waals surface area contributed by atoms with Crippen molar-refractivity contribution < 1.29 is 0 Å². The molecule has 3 heterocycles. The Bertz CT molecular complexity index is 967. The van der Waals surface area contributed by atoms with Crippen LogP contribution >= 0.6 is 0 Å². The first kappa shape index (κ1) is 16.6. The van der Waals surface area contributed by atoms with Crippen LogP contribution in [0.2, 0.25) is 0 Å². The molecule has 2 aromatic heterocycles. The van der Waals surface area contributed by atoms with Gasteiger partial charge in [0.1, 0.15) is 18.2 Å². The Morgan fingerprint density at radius 1 is 1.23 bits per heavy atom. The lowest BCUT2D eigenvalue weighted by Crippen LogP contribution is -2.36. The number of hydrogen-bond donors (Lipinski definition) is 1. The van der Waals surface area contributed by atoms with Crippen LogP contribution in [0, 0.1) is 11.3 Å². The summed E-state index contributed by atoms with van der Waals surface area (Å²) < 4.78 is 1.92. The molecule has 1 aromatic carbocycles. The molecule has 0 spiro atoms. The highest BCUT2D eigenvalue weighted by Gasteiger charge is 2.27. The quantitative estimate of drug-likeness (QED) is 0.786. The molecule has 0 radical (unpaired) electrons. The van der Waals surface area contributed by atoms with E-state index in [-0.39, 0.29) is 0 Å². The molecule has 0 fully saturated rings. The lowest BCUT2D eigenvalue weighted by atomic mass is 9.95. The van der Waals surface area contributed by atoms with Gasteiger partial charge in [-0.05, 0) is 31.4 Å². The van der Waals surface area contributed by atoms with E-state index in [1.54, 1.807) is 6.33 Å². The molecule has 0 saturated heterocycles. The molecular formula is C20H22N6. The van der Waals surface area contributed by atoms with Crippen LogP contribution in [0.15, 0.2) is 36.7 Å². The topological polar surface area (TPSA) is 69.2 Å². The van der Waals surface area contributed by atoms with Crippen molar-refractivity contribution in [1.82, 2.24) is 19.5 Å². The maximum absolute atomic E-state index is 9.89. The highest BCUT2D eigenvalue weighted by Crippen LogP contribution is 2.31. The summed E-state index contributed by atoms with van der Waals surface area (Å²) in [6, 6.07) is 13.1. The van der Waals surface area contributed by atoms with Crippen molar-refractivity contribution in [1.29, 1.82) is 5.26 Å². The molecule has 0 amide bonds. The molecule has 3 aromatic rings. The number of fused-ring (bicyclic) bond motifs is 3. The van der Waals surface area contributed by atoms with E-state index in [0.29, 0.717) is 18.2 Å². The third-order valence-electron chi connectivity index (χ3n) is 5.12. The molecule has 1 N–H and O–H groups in total. The molecule has 1 aliphatic rings. The molecule has 6 heteroatoms. The van der Waals surface area contributed by atoms with Crippen molar-refractivity contribution in [2.45, 2.75) is 39.4 Å². The number of nitrogens with zero attached hydrogens (tertiary/aromatic N) is 5. The SMILES string of the molecule is CC(C)N1CCc2c(C#N)c(NCc3ccccc3)n3cnnc3c2C1. The molecule has 6 nitrogen and oxygen atoms in total. The molecule has 0 atom stereocenters. The van der Waals surface area contributed by atoms with Crippen molar-refractivity contribution >= 4 is 11.5 Å². The second-order valence-electron chi connectivity index (χ2n) is 6.97. The van der Waals surface area contributed by atoms with Crippen molar-refractivity contribution in [3.05, 3.63) is 58.9 Å². The maximum atomic E-state index is 9.89. The van der Waals surface area contributed by atoms with Crippen LogP contribution in [-0.2, 0) is 19.5 Å². The zero-order valence-corrected chi connectivity index (χ0v) is 15.1. The monoisotopic (exact) mass is 346 g/mol. The highest BCUT2D eigenvalue weighted by atomic mass is 15.3. The molecule has 0 saturated carbocycles.